The molecule has 0 saturated heterocycles. The molecule has 0 fully saturated rings. The Kier molecular flexibility index (Phi) is 7.02. The van der Waals surface area contributed by atoms with E-state index in [9.17, 15) is 9.59 Å². The molecule has 0 bridgehead atoms. The Balaban J connectivity index is 1.98. The average Bonchev–Trinajstić information content (AvgIpc) is 2.70. The predicted molar refractivity (Wildman–Crippen MR) is 97.4 cm³/mol. The zero-order valence-electron chi connectivity index (χ0n) is 15.2. The monoisotopic (exact) mass is 357 g/mol. The van der Waals surface area contributed by atoms with Gasteiger partial charge in [-0.15, -0.1) is 0 Å². The summed E-state index contributed by atoms with van der Waals surface area (Å²) in [4.78, 5) is 26.2. The fourth-order valence-electron chi connectivity index (χ4n) is 2.41. The molecule has 2 aromatic carbocycles. The maximum Gasteiger partial charge on any atom is 0.338 e. The van der Waals surface area contributed by atoms with Crippen LogP contribution in [0.25, 0.3) is 0 Å². The van der Waals surface area contributed by atoms with Crippen LogP contribution in [0.15, 0.2) is 48.5 Å². The fraction of sp³-hybridized carbons (Fsp3) is 0.300. The van der Waals surface area contributed by atoms with Gasteiger partial charge in [-0.2, -0.15) is 0 Å². The second-order valence-electron chi connectivity index (χ2n) is 5.57. The van der Waals surface area contributed by atoms with Crippen LogP contribution < -0.4 is 9.47 Å². The Labute approximate surface area is 153 Å². The molecule has 0 saturated carbocycles. The van der Waals surface area contributed by atoms with Gasteiger partial charge in [-0.25, -0.2) is 4.79 Å². The van der Waals surface area contributed by atoms with E-state index in [0.717, 1.165) is 5.56 Å². The van der Waals surface area contributed by atoms with Crippen molar-refractivity contribution in [3.63, 3.8) is 0 Å². The minimum atomic E-state index is -0.605. The molecule has 0 unspecified atom stereocenters. The quantitative estimate of drug-likeness (QED) is 0.680. The molecule has 138 valence electrons. The van der Waals surface area contributed by atoms with E-state index in [-0.39, 0.29) is 18.1 Å². The highest BCUT2D eigenvalue weighted by Crippen LogP contribution is 2.23. The third-order valence-electron chi connectivity index (χ3n) is 3.86. The van der Waals surface area contributed by atoms with Gasteiger partial charge in [0, 0.05) is 19.2 Å². The summed E-state index contributed by atoms with van der Waals surface area (Å²) >= 11 is 0. The minimum absolute atomic E-state index is 0.250. The average molecular weight is 357 g/mol. The molecular formula is C20H23NO5. The van der Waals surface area contributed by atoms with Crippen molar-refractivity contribution >= 4 is 11.9 Å². The van der Waals surface area contributed by atoms with Gasteiger partial charge in [0.2, 0.25) is 0 Å². The molecule has 26 heavy (non-hydrogen) atoms. The molecule has 0 radical (unpaired) electrons. The Bertz CT molecular complexity index is 723. The number of methoxy groups -OCH3 is 2. The van der Waals surface area contributed by atoms with Gasteiger partial charge in [0.1, 0.15) is 11.5 Å². The molecule has 2 rings (SSSR count). The smallest absolute Gasteiger partial charge is 0.338 e. The SMILES string of the molecule is CCN(Cc1ccccc1)C(=O)COC(=O)c1cc(OC)cc(OC)c1. The fourth-order valence-corrected chi connectivity index (χ4v) is 2.41. The highest BCUT2D eigenvalue weighted by Gasteiger charge is 2.17. The van der Waals surface area contributed by atoms with E-state index in [1.807, 2.05) is 37.3 Å². The van der Waals surface area contributed by atoms with Crippen molar-refractivity contribution in [3.8, 4) is 11.5 Å². The largest absolute Gasteiger partial charge is 0.497 e. The van der Waals surface area contributed by atoms with Gasteiger partial charge in [0.25, 0.3) is 5.91 Å². The Morgan fingerprint density at radius 3 is 2.12 bits per heavy atom. The Hall–Kier alpha value is -3.02. The number of likely N-dealkylation sites (N-methyl/N-ethyl adjacent to an activating group) is 1. The lowest BCUT2D eigenvalue weighted by atomic mass is 10.2. The first-order chi connectivity index (χ1) is 12.6. The molecule has 1 amide bonds. The van der Waals surface area contributed by atoms with Gasteiger partial charge in [0.15, 0.2) is 6.61 Å². The van der Waals surface area contributed by atoms with E-state index < -0.39 is 5.97 Å². The van der Waals surface area contributed by atoms with Crippen molar-refractivity contribution in [2.75, 3.05) is 27.4 Å². The summed E-state index contributed by atoms with van der Waals surface area (Å²) in [5, 5.41) is 0. The molecule has 0 N–H and O–H groups in total. The Morgan fingerprint density at radius 1 is 0.962 bits per heavy atom. The highest BCUT2D eigenvalue weighted by molar-refractivity contribution is 5.92. The van der Waals surface area contributed by atoms with Crippen molar-refractivity contribution in [3.05, 3.63) is 59.7 Å². The molecule has 0 aromatic heterocycles. The molecular weight excluding hydrogens is 334 g/mol. The molecule has 2 aromatic rings. The summed E-state index contributed by atoms with van der Waals surface area (Å²) in [6.07, 6.45) is 0. The van der Waals surface area contributed by atoms with Gasteiger partial charge < -0.3 is 19.1 Å². The Morgan fingerprint density at radius 2 is 1.58 bits per heavy atom. The standard InChI is InChI=1S/C20H23NO5/c1-4-21(13-15-8-6-5-7-9-15)19(22)14-26-20(23)16-10-17(24-2)12-18(11-16)25-3/h5-12H,4,13-14H2,1-3H3. The topological polar surface area (TPSA) is 65.1 Å². The van der Waals surface area contributed by atoms with Crippen LogP contribution in [0.3, 0.4) is 0 Å². The van der Waals surface area contributed by atoms with Crippen LogP contribution in [-0.2, 0) is 16.1 Å². The number of hydrogen-bond donors (Lipinski definition) is 0. The second kappa shape index (κ2) is 9.46. The third kappa shape index (κ3) is 5.24. The summed E-state index contributed by atoms with van der Waals surface area (Å²) < 4.78 is 15.4. The molecule has 0 spiro atoms. The van der Waals surface area contributed by atoms with Crippen LogP contribution >= 0.6 is 0 Å². The van der Waals surface area contributed by atoms with E-state index in [1.165, 1.54) is 26.4 Å². The van der Waals surface area contributed by atoms with Gasteiger partial charge in [-0.05, 0) is 24.6 Å². The van der Waals surface area contributed by atoms with Gasteiger partial charge >= 0.3 is 5.97 Å². The normalized spacial score (nSPS) is 10.1. The summed E-state index contributed by atoms with van der Waals surface area (Å²) in [6, 6.07) is 14.4. The van der Waals surface area contributed by atoms with Crippen molar-refractivity contribution in [2.24, 2.45) is 0 Å². The molecule has 0 atom stereocenters. The maximum atomic E-state index is 12.4. The van der Waals surface area contributed by atoms with Crippen LogP contribution in [0.5, 0.6) is 11.5 Å². The zero-order chi connectivity index (χ0) is 18.9. The molecule has 0 aliphatic heterocycles. The number of nitrogens with zero attached hydrogens (tertiary/aromatic N) is 1. The number of esters is 1. The van der Waals surface area contributed by atoms with Crippen molar-refractivity contribution in [1.82, 2.24) is 4.90 Å². The van der Waals surface area contributed by atoms with Crippen molar-refractivity contribution in [2.45, 2.75) is 13.5 Å². The summed E-state index contributed by atoms with van der Waals surface area (Å²) in [6.45, 7) is 2.56. The van der Waals surface area contributed by atoms with Crippen LogP contribution in [0.1, 0.15) is 22.8 Å². The molecule has 0 aliphatic rings. The van der Waals surface area contributed by atoms with Crippen molar-refractivity contribution < 1.29 is 23.8 Å². The molecule has 0 aliphatic carbocycles. The lowest BCUT2D eigenvalue weighted by Gasteiger charge is -2.21. The van der Waals surface area contributed by atoms with E-state index in [0.29, 0.717) is 24.6 Å². The number of ether oxygens (including phenoxy) is 3. The van der Waals surface area contributed by atoms with Crippen LogP contribution in [-0.4, -0.2) is 44.1 Å². The number of carbonyl (C=O) groups is 2. The summed E-state index contributed by atoms with van der Waals surface area (Å²) in [5.74, 6) is 0.0923. The van der Waals surface area contributed by atoms with E-state index in [1.54, 1.807) is 11.0 Å². The van der Waals surface area contributed by atoms with E-state index in [2.05, 4.69) is 0 Å². The molecule has 6 nitrogen and oxygen atoms in total. The van der Waals surface area contributed by atoms with Gasteiger partial charge in [-0.3, -0.25) is 4.79 Å². The first-order valence-electron chi connectivity index (χ1n) is 8.29. The van der Waals surface area contributed by atoms with E-state index >= 15 is 0 Å². The lowest BCUT2D eigenvalue weighted by molar-refractivity contribution is -0.134. The number of benzene rings is 2. The first-order valence-corrected chi connectivity index (χ1v) is 8.29. The second-order valence-corrected chi connectivity index (χ2v) is 5.57. The maximum absolute atomic E-state index is 12.4. The number of hydrogen-bond acceptors (Lipinski definition) is 5. The number of carbonyl (C=O) groups excluding carboxylic acids is 2. The third-order valence-corrected chi connectivity index (χ3v) is 3.86. The van der Waals surface area contributed by atoms with Crippen LogP contribution in [0.2, 0.25) is 0 Å². The molecule has 6 heteroatoms. The van der Waals surface area contributed by atoms with Crippen LogP contribution in [0.4, 0.5) is 0 Å². The summed E-state index contributed by atoms with van der Waals surface area (Å²) in [5.41, 5.74) is 1.28. The van der Waals surface area contributed by atoms with Crippen LogP contribution in [0, 0.1) is 0 Å². The predicted octanol–water partition coefficient (Wildman–Crippen LogP) is 2.91. The van der Waals surface area contributed by atoms with Crippen molar-refractivity contribution in [1.29, 1.82) is 0 Å². The van der Waals surface area contributed by atoms with E-state index in [4.69, 9.17) is 14.2 Å². The summed E-state index contributed by atoms with van der Waals surface area (Å²) in [7, 11) is 2.99. The first kappa shape index (κ1) is 19.3. The lowest BCUT2D eigenvalue weighted by Crippen LogP contribution is -2.34. The van der Waals surface area contributed by atoms with Gasteiger partial charge in [-0.1, -0.05) is 30.3 Å². The zero-order valence-corrected chi connectivity index (χ0v) is 15.2. The number of amides is 1. The molecule has 0 heterocycles. The minimum Gasteiger partial charge on any atom is -0.497 e. The highest BCUT2D eigenvalue weighted by atomic mass is 16.5. The van der Waals surface area contributed by atoms with Gasteiger partial charge in [0.05, 0.1) is 19.8 Å². The number of rotatable bonds is 8.